The summed E-state index contributed by atoms with van der Waals surface area (Å²) in [6, 6.07) is 0.547. The normalized spacial score (nSPS) is 10.9. The first kappa shape index (κ1) is 11.4. The fourth-order valence-corrected chi connectivity index (χ4v) is 0.723. The number of rotatable bonds is 4. The third-order valence-electron chi connectivity index (χ3n) is 2.21. The van der Waals surface area contributed by atoms with Crippen LogP contribution in [0.5, 0.6) is 0 Å². The second-order valence-electron chi connectivity index (χ2n) is 3.51. The summed E-state index contributed by atoms with van der Waals surface area (Å²) in [5.74, 6) is 0.132. The Morgan fingerprint density at radius 2 is 1.75 bits per heavy atom. The van der Waals surface area contributed by atoms with Gasteiger partial charge in [-0.25, -0.2) is 0 Å². The largest absolute Gasteiger partial charge is 0.345 e. The highest BCUT2D eigenvalue weighted by Crippen LogP contribution is 1.93. The van der Waals surface area contributed by atoms with Crippen molar-refractivity contribution in [2.24, 2.45) is 0 Å². The van der Waals surface area contributed by atoms with E-state index in [4.69, 9.17) is 0 Å². The van der Waals surface area contributed by atoms with Crippen LogP contribution in [0.4, 0.5) is 0 Å². The lowest BCUT2D eigenvalue weighted by Crippen LogP contribution is -2.36. The van der Waals surface area contributed by atoms with Crippen LogP contribution < -0.4 is 0 Å². The molecule has 1 amide bonds. The second kappa shape index (κ2) is 5.14. The lowest BCUT2D eigenvalue weighted by Gasteiger charge is -2.24. The zero-order valence-electron chi connectivity index (χ0n) is 8.79. The van der Waals surface area contributed by atoms with Crippen LogP contribution in [0.25, 0.3) is 0 Å². The molecule has 0 aliphatic carbocycles. The number of likely N-dealkylation sites (N-methyl/N-ethyl adjacent to an activating group) is 2. The van der Waals surface area contributed by atoms with E-state index in [9.17, 15) is 4.79 Å². The van der Waals surface area contributed by atoms with Gasteiger partial charge in [0.2, 0.25) is 5.91 Å². The van der Waals surface area contributed by atoms with E-state index in [0.29, 0.717) is 6.04 Å². The monoisotopic (exact) mass is 172 g/mol. The van der Waals surface area contributed by atoms with E-state index in [1.54, 1.807) is 11.8 Å². The van der Waals surface area contributed by atoms with Crippen LogP contribution >= 0.6 is 0 Å². The van der Waals surface area contributed by atoms with Crippen molar-refractivity contribution in [3.8, 4) is 0 Å². The molecule has 0 fully saturated rings. The maximum absolute atomic E-state index is 10.8. The van der Waals surface area contributed by atoms with Gasteiger partial charge in [0.05, 0.1) is 0 Å². The maximum atomic E-state index is 10.8. The van der Waals surface area contributed by atoms with Gasteiger partial charge in [-0.1, -0.05) is 0 Å². The number of nitrogens with zero attached hydrogens (tertiary/aromatic N) is 2. The summed E-state index contributed by atoms with van der Waals surface area (Å²) in [5, 5.41) is 0. The molecule has 0 bridgehead atoms. The summed E-state index contributed by atoms with van der Waals surface area (Å²) in [7, 11) is 3.90. The van der Waals surface area contributed by atoms with Crippen molar-refractivity contribution < 1.29 is 4.79 Å². The van der Waals surface area contributed by atoms with Crippen molar-refractivity contribution in [2.75, 3.05) is 27.2 Å². The molecule has 0 aromatic heterocycles. The molecule has 0 atom stereocenters. The number of hydrogen-bond donors (Lipinski definition) is 0. The molecule has 0 aromatic carbocycles. The smallest absolute Gasteiger partial charge is 0.219 e. The lowest BCUT2D eigenvalue weighted by molar-refractivity contribution is -0.127. The molecule has 3 nitrogen and oxygen atoms in total. The molecule has 0 unspecified atom stereocenters. The van der Waals surface area contributed by atoms with E-state index in [1.807, 2.05) is 7.05 Å². The Bertz CT molecular complexity index is 145. The van der Waals surface area contributed by atoms with Crippen molar-refractivity contribution >= 4 is 5.91 Å². The van der Waals surface area contributed by atoms with Crippen LogP contribution in [0.3, 0.4) is 0 Å². The van der Waals surface area contributed by atoms with Crippen LogP contribution in [0.2, 0.25) is 0 Å². The van der Waals surface area contributed by atoms with Crippen molar-refractivity contribution in [3.05, 3.63) is 0 Å². The Balaban J connectivity index is 3.61. The van der Waals surface area contributed by atoms with Crippen LogP contribution in [0.15, 0.2) is 0 Å². The predicted octanol–water partition coefficient (Wildman–Crippen LogP) is 0.805. The first-order valence-electron chi connectivity index (χ1n) is 4.37. The van der Waals surface area contributed by atoms with Crippen molar-refractivity contribution in [1.82, 2.24) is 9.80 Å². The Kier molecular flexibility index (Phi) is 4.90. The molecule has 0 N–H and O–H groups in total. The standard InChI is InChI=1S/C9H20N2O/c1-8(2)10(4)6-7-11(5)9(3)12/h8H,6-7H2,1-5H3. The third kappa shape index (κ3) is 4.34. The number of carbonyl (C=O) groups is 1. The average molecular weight is 172 g/mol. The van der Waals surface area contributed by atoms with E-state index in [2.05, 4.69) is 25.8 Å². The van der Waals surface area contributed by atoms with Gasteiger partial charge in [-0.05, 0) is 20.9 Å². The van der Waals surface area contributed by atoms with Gasteiger partial charge in [0.15, 0.2) is 0 Å². The molecule has 0 rings (SSSR count). The van der Waals surface area contributed by atoms with Gasteiger partial charge in [0, 0.05) is 33.1 Å². The van der Waals surface area contributed by atoms with Gasteiger partial charge in [0.1, 0.15) is 0 Å². The zero-order chi connectivity index (χ0) is 9.72. The molecule has 0 heterocycles. The quantitative estimate of drug-likeness (QED) is 0.626. The minimum Gasteiger partial charge on any atom is -0.345 e. The first-order valence-corrected chi connectivity index (χ1v) is 4.37. The van der Waals surface area contributed by atoms with E-state index >= 15 is 0 Å². The number of hydrogen-bond acceptors (Lipinski definition) is 2. The van der Waals surface area contributed by atoms with Crippen molar-refractivity contribution in [3.63, 3.8) is 0 Å². The first-order chi connectivity index (χ1) is 5.45. The van der Waals surface area contributed by atoms with Gasteiger partial charge < -0.3 is 9.80 Å². The molecule has 3 heteroatoms. The van der Waals surface area contributed by atoms with Gasteiger partial charge >= 0.3 is 0 Å². The summed E-state index contributed by atoms with van der Waals surface area (Å²) in [6.07, 6.45) is 0. The molecular weight excluding hydrogens is 152 g/mol. The minimum atomic E-state index is 0.132. The van der Waals surface area contributed by atoms with Crippen LogP contribution in [0, 0.1) is 0 Å². The third-order valence-corrected chi connectivity index (χ3v) is 2.21. The summed E-state index contributed by atoms with van der Waals surface area (Å²) in [5.41, 5.74) is 0. The molecule has 12 heavy (non-hydrogen) atoms. The summed E-state index contributed by atoms with van der Waals surface area (Å²) >= 11 is 0. The van der Waals surface area contributed by atoms with E-state index < -0.39 is 0 Å². The topological polar surface area (TPSA) is 23.6 Å². The molecule has 72 valence electrons. The van der Waals surface area contributed by atoms with E-state index in [-0.39, 0.29) is 5.91 Å². The van der Waals surface area contributed by atoms with Gasteiger partial charge in [-0.15, -0.1) is 0 Å². The highest BCUT2D eigenvalue weighted by molar-refractivity contribution is 5.72. The fourth-order valence-electron chi connectivity index (χ4n) is 0.723. The van der Waals surface area contributed by atoms with Gasteiger partial charge in [-0.2, -0.15) is 0 Å². The molecule has 0 aromatic rings. The van der Waals surface area contributed by atoms with Crippen LogP contribution in [-0.4, -0.2) is 48.9 Å². The average Bonchev–Trinajstić information content (AvgIpc) is 1.98. The summed E-state index contributed by atoms with van der Waals surface area (Å²) in [6.45, 7) is 7.63. The van der Waals surface area contributed by atoms with Gasteiger partial charge in [0.25, 0.3) is 0 Å². The molecular formula is C9H20N2O. The van der Waals surface area contributed by atoms with Gasteiger partial charge in [-0.3, -0.25) is 4.79 Å². The Morgan fingerprint density at radius 3 is 2.08 bits per heavy atom. The Labute approximate surface area is 75.3 Å². The summed E-state index contributed by atoms with van der Waals surface area (Å²) in [4.78, 5) is 14.8. The fraction of sp³-hybridized carbons (Fsp3) is 0.889. The number of carbonyl (C=O) groups excluding carboxylic acids is 1. The van der Waals surface area contributed by atoms with Crippen LogP contribution in [-0.2, 0) is 4.79 Å². The van der Waals surface area contributed by atoms with E-state index in [1.165, 1.54) is 0 Å². The molecule has 0 spiro atoms. The Morgan fingerprint density at radius 1 is 1.25 bits per heavy atom. The zero-order valence-corrected chi connectivity index (χ0v) is 8.79. The highest BCUT2D eigenvalue weighted by Gasteiger charge is 2.05. The minimum absolute atomic E-state index is 0.132. The van der Waals surface area contributed by atoms with E-state index in [0.717, 1.165) is 13.1 Å². The van der Waals surface area contributed by atoms with Crippen molar-refractivity contribution in [2.45, 2.75) is 26.8 Å². The SMILES string of the molecule is CC(=O)N(C)CCN(C)C(C)C. The highest BCUT2D eigenvalue weighted by atomic mass is 16.2. The number of amides is 1. The molecule has 0 saturated carbocycles. The lowest BCUT2D eigenvalue weighted by atomic mass is 10.3. The summed E-state index contributed by atoms with van der Waals surface area (Å²) < 4.78 is 0. The second-order valence-corrected chi connectivity index (χ2v) is 3.51. The predicted molar refractivity (Wildman–Crippen MR) is 51.1 cm³/mol. The van der Waals surface area contributed by atoms with Crippen LogP contribution in [0.1, 0.15) is 20.8 Å². The molecule has 0 aliphatic heterocycles. The molecule has 0 aliphatic rings. The Hall–Kier alpha value is -0.570. The van der Waals surface area contributed by atoms with Crippen molar-refractivity contribution in [1.29, 1.82) is 0 Å². The molecule has 0 radical (unpaired) electrons. The maximum Gasteiger partial charge on any atom is 0.219 e. The molecule has 0 saturated heterocycles.